The molecule has 30 heavy (non-hydrogen) atoms. The Kier molecular flexibility index (Phi) is 6.81. The van der Waals surface area contributed by atoms with E-state index in [4.69, 9.17) is 4.74 Å². The Bertz CT molecular complexity index is 857. The van der Waals surface area contributed by atoms with Crippen molar-refractivity contribution >= 4 is 17.7 Å². The van der Waals surface area contributed by atoms with E-state index >= 15 is 0 Å². The molecule has 1 aliphatic heterocycles. The number of piperidine rings is 1. The van der Waals surface area contributed by atoms with Gasteiger partial charge in [0.1, 0.15) is 12.4 Å². The Labute approximate surface area is 171 Å². The number of alkyl halides is 3. The number of esters is 1. The summed E-state index contributed by atoms with van der Waals surface area (Å²) in [4.78, 5) is 26.4. The fraction of sp³-hybridized carbons (Fsp3) is 0.333. The first-order valence-corrected chi connectivity index (χ1v) is 9.42. The number of urea groups is 1. The summed E-state index contributed by atoms with van der Waals surface area (Å²) < 4.78 is 45.7. The maximum Gasteiger partial charge on any atom is 0.573 e. The number of nitrogens with one attached hydrogen (secondary N) is 1. The first-order chi connectivity index (χ1) is 14.3. The molecule has 0 unspecified atom stereocenters. The number of para-hydroxylation sites is 1. The maximum atomic E-state index is 12.4. The van der Waals surface area contributed by atoms with Gasteiger partial charge in [-0.2, -0.15) is 0 Å². The van der Waals surface area contributed by atoms with Gasteiger partial charge in [0.05, 0.1) is 5.92 Å². The molecule has 0 spiro atoms. The Morgan fingerprint density at radius 3 is 2.43 bits per heavy atom. The number of hydrogen-bond acceptors (Lipinski definition) is 4. The minimum atomic E-state index is -4.76. The Morgan fingerprint density at radius 2 is 1.77 bits per heavy atom. The molecule has 1 heterocycles. The molecule has 2 aromatic carbocycles. The van der Waals surface area contributed by atoms with Gasteiger partial charge in [-0.25, -0.2) is 4.79 Å². The van der Waals surface area contributed by atoms with E-state index in [1.165, 1.54) is 12.1 Å². The normalized spacial score (nSPS) is 16.6. The van der Waals surface area contributed by atoms with Crippen LogP contribution in [0.2, 0.25) is 0 Å². The van der Waals surface area contributed by atoms with Crippen molar-refractivity contribution in [2.24, 2.45) is 5.92 Å². The summed E-state index contributed by atoms with van der Waals surface area (Å²) in [5.74, 6) is -1.24. The molecule has 1 fully saturated rings. The lowest BCUT2D eigenvalue weighted by Gasteiger charge is -2.31. The van der Waals surface area contributed by atoms with E-state index < -0.39 is 18.2 Å². The summed E-state index contributed by atoms with van der Waals surface area (Å²) in [6.07, 6.45) is -3.48. The number of nitrogens with zero attached hydrogens (tertiary/aromatic N) is 1. The van der Waals surface area contributed by atoms with Crippen LogP contribution in [0.5, 0.6) is 5.75 Å². The SMILES string of the molecule is O=C(OCc1ccc(OC(F)(F)F)cc1)[C@H]1CCCN(C(=O)Nc2ccccc2)C1. The minimum absolute atomic E-state index is 0.0716. The molecule has 9 heteroatoms. The largest absolute Gasteiger partial charge is 0.573 e. The maximum absolute atomic E-state index is 12.4. The van der Waals surface area contributed by atoms with Gasteiger partial charge in [-0.3, -0.25) is 4.79 Å². The van der Waals surface area contributed by atoms with Crippen molar-refractivity contribution in [3.05, 3.63) is 60.2 Å². The monoisotopic (exact) mass is 422 g/mol. The van der Waals surface area contributed by atoms with Crippen LogP contribution < -0.4 is 10.1 Å². The zero-order valence-corrected chi connectivity index (χ0v) is 16.0. The van der Waals surface area contributed by atoms with E-state index in [1.807, 2.05) is 18.2 Å². The van der Waals surface area contributed by atoms with E-state index in [-0.39, 0.29) is 24.9 Å². The van der Waals surface area contributed by atoms with Crippen LogP contribution in [0.15, 0.2) is 54.6 Å². The molecule has 6 nitrogen and oxygen atoms in total. The predicted molar refractivity (Wildman–Crippen MR) is 103 cm³/mol. The Hall–Kier alpha value is -3.23. The number of rotatable bonds is 5. The lowest BCUT2D eigenvalue weighted by atomic mass is 9.98. The molecule has 2 aromatic rings. The highest BCUT2D eigenvalue weighted by Crippen LogP contribution is 2.23. The van der Waals surface area contributed by atoms with Crippen molar-refractivity contribution in [1.29, 1.82) is 0 Å². The summed E-state index contributed by atoms with van der Waals surface area (Å²) in [6.45, 7) is 0.719. The van der Waals surface area contributed by atoms with Gasteiger partial charge < -0.3 is 19.7 Å². The molecule has 0 aromatic heterocycles. The average molecular weight is 422 g/mol. The van der Waals surface area contributed by atoms with Gasteiger partial charge in [0.25, 0.3) is 0 Å². The van der Waals surface area contributed by atoms with E-state index in [1.54, 1.807) is 17.0 Å². The second-order valence-corrected chi connectivity index (χ2v) is 6.88. The zero-order chi connectivity index (χ0) is 21.6. The molecule has 1 N–H and O–H groups in total. The number of halogens is 3. The number of likely N-dealkylation sites (tertiary alicyclic amines) is 1. The van der Waals surface area contributed by atoms with Crippen LogP contribution in [0.1, 0.15) is 18.4 Å². The summed E-state index contributed by atoms with van der Waals surface area (Å²) in [7, 11) is 0. The van der Waals surface area contributed by atoms with E-state index in [0.717, 1.165) is 12.1 Å². The summed E-state index contributed by atoms with van der Waals surface area (Å²) in [5.41, 5.74) is 1.21. The zero-order valence-electron chi connectivity index (χ0n) is 16.0. The minimum Gasteiger partial charge on any atom is -0.461 e. The van der Waals surface area contributed by atoms with Crippen molar-refractivity contribution in [3.63, 3.8) is 0 Å². The van der Waals surface area contributed by atoms with Crippen molar-refractivity contribution in [1.82, 2.24) is 4.90 Å². The van der Waals surface area contributed by atoms with Crippen molar-refractivity contribution < 1.29 is 32.2 Å². The summed E-state index contributed by atoms with van der Waals surface area (Å²) in [6, 6.07) is 13.9. The smallest absolute Gasteiger partial charge is 0.461 e. The summed E-state index contributed by atoms with van der Waals surface area (Å²) >= 11 is 0. The highest BCUT2D eigenvalue weighted by atomic mass is 19.4. The van der Waals surface area contributed by atoms with Crippen LogP contribution >= 0.6 is 0 Å². The number of carbonyl (C=O) groups is 2. The van der Waals surface area contributed by atoms with Gasteiger partial charge in [0.2, 0.25) is 0 Å². The quantitative estimate of drug-likeness (QED) is 0.717. The lowest BCUT2D eigenvalue weighted by molar-refractivity contribution is -0.274. The predicted octanol–water partition coefficient (Wildman–Crippen LogP) is 4.57. The number of amides is 2. The molecule has 0 aliphatic carbocycles. The van der Waals surface area contributed by atoms with E-state index in [2.05, 4.69) is 10.1 Å². The molecular weight excluding hydrogens is 401 g/mol. The Morgan fingerprint density at radius 1 is 1.07 bits per heavy atom. The molecule has 1 atom stereocenters. The average Bonchev–Trinajstić information content (AvgIpc) is 2.73. The van der Waals surface area contributed by atoms with Gasteiger partial charge in [0.15, 0.2) is 0 Å². The number of carbonyl (C=O) groups excluding carboxylic acids is 2. The number of hydrogen-bond donors (Lipinski definition) is 1. The van der Waals surface area contributed by atoms with Gasteiger partial charge in [-0.15, -0.1) is 13.2 Å². The van der Waals surface area contributed by atoms with E-state index in [9.17, 15) is 22.8 Å². The van der Waals surface area contributed by atoms with Gasteiger partial charge in [0, 0.05) is 18.8 Å². The standard InChI is InChI=1S/C21H21F3N2O4/c22-21(23,24)30-18-10-8-15(9-11-18)14-29-19(27)16-5-4-12-26(13-16)20(28)25-17-6-2-1-3-7-17/h1-3,6-11,16H,4-5,12-14H2,(H,25,28)/t16-/m0/s1. The van der Waals surface area contributed by atoms with Crippen LogP contribution in [0.25, 0.3) is 0 Å². The molecule has 160 valence electrons. The first kappa shape index (κ1) is 21.5. The van der Waals surface area contributed by atoms with Gasteiger partial charge >= 0.3 is 18.4 Å². The third-order valence-corrected chi connectivity index (χ3v) is 4.61. The second-order valence-electron chi connectivity index (χ2n) is 6.88. The molecule has 1 saturated heterocycles. The summed E-state index contributed by atoms with van der Waals surface area (Å²) in [5, 5.41) is 2.79. The van der Waals surface area contributed by atoms with Crippen molar-refractivity contribution in [3.8, 4) is 5.75 Å². The van der Waals surface area contributed by atoms with Crippen LogP contribution in [0.3, 0.4) is 0 Å². The third kappa shape index (κ3) is 6.40. The second kappa shape index (κ2) is 9.51. The fourth-order valence-electron chi connectivity index (χ4n) is 3.14. The highest BCUT2D eigenvalue weighted by Gasteiger charge is 2.31. The Balaban J connectivity index is 1.48. The van der Waals surface area contributed by atoms with Crippen LogP contribution in [-0.2, 0) is 16.1 Å². The molecule has 0 saturated carbocycles. The third-order valence-electron chi connectivity index (χ3n) is 4.61. The van der Waals surface area contributed by atoms with E-state index in [0.29, 0.717) is 30.6 Å². The molecule has 3 rings (SSSR count). The van der Waals surface area contributed by atoms with Crippen LogP contribution in [-0.4, -0.2) is 36.4 Å². The molecular formula is C21H21F3N2O4. The topological polar surface area (TPSA) is 67.9 Å². The lowest BCUT2D eigenvalue weighted by Crippen LogP contribution is -2.44. The molecule has 2 amide bonds. The molecule has 0 radical (unpaired) electrons. The van der Waals surface area contributed by atoms with Crippen molar-refractivity contribution in [2.75, 3.05) is 18.4 Å². The van der Waals surface area contributed by atoms with Gasteiger partial charge in [-0.05, 0) is 42.7 Å². The van der Waals surface area contributed by atoms with Crippen molar-refractivity contribution in [2.45, 2.75) is 25.8 Å². The number of anilines is 1. The number of benzene rings is 2. The highest BCUT2D eigenvalue weighted by molar-refractivity contribution is 5.89. The van der Waals surface area contributed by atoms with Crippen LogP contribution in [0.4, 0.5) is 23.7 Å². The fourth-order valence-corrected chi connectivity index (χ4v) is 3.14. The van der Waals surface area contributed by atoms with Crippen LogP contribution in [0, 0.1) is 5.92 Å². The molecule has 0 bridgehead atoms. The molecule has 1 aliphatic rings. The first-order valence-electron chi connectivity index (χ1n) is 9.42. The number of ether oxygens (including phenoxy) is 2. The van der Waals surface area contributed by atoms with Gasteiger partial charge in [-0.1, -0.05) is 30.3 Å².